The van der Waals surface area contributed by atoms with Gasteiger partial charge in [-0.1, -0.05) is 53.8 Å². The smallest absolute Gasteiger partial charge is 0.338 e. The zero-order valence-electron chi connectivity index (χ0n) is 25.0. The number of allylic oxidation sites excluding steroid dienone is 1. The van der Waals surface area contributed by atoms with E-state index >= 15 is 0 Å². The van der Waals surface area contributed by atoms with Crippen LogP contribution in [0.3, 0.4) is 0 Å². The topological polar surface area (TPSA) is 122 Å². The number of hydrogen-bond donors (Lipinski definition) is 0. The number of rotatable bonds is 10. The number of hydrogen-bond acceptors (Lipinski definition) is 9. The Labute approximate surface area is 276 Å². The van der Waals surface area contributed by atoms with Gasteiger partial charge in [0.25, 0.3) is 11.2 Å². The Morgan fingerprint density at radius 2 is 1.84 bits per heavy atom. The summed E-state index contributed by atoms with van der Waals surface area (Å²) in [5.41, 5.74) is 2.63. The van der Waals surface area contributed by atoms with Crippen molar-refractivity contribution < 1.29 is 23.9 Å². The van der Waals surface area contributed by atoms with Crippen LogP contribution >= 0.6 is 33.9 Å². The summed E-state index contributed by atoms with van der Waals surface area (Å²) in [5, 5.41) is 11.8. The zero-order chi connectivity index (χ0) is 32.2. The van der Waals surface area contributed by atoms with E-state index in [0.717, 1.165) is 9.13 Å². The van der Waals surface area contributed by atoms with Crippen molar-refractivity contribution in [3.8, 4) is 11.5 Å². The minimum Gasteiger partial charge on any atom is -0.490 e. The van der Waals surface area contributed by atoms with Crippen LogP contribution in [0.2, 0.25) is 0 Å². The van der Waals surface area contributed by atoms with Crippen LogP contribution in [0, 0.1) is 20.6 Å². The van der Waals surface area contributed by atoms with Crippen molar-refractivity contribution in [3.05, 3.63) is 128 Å². The van der Waals surface area contributed by atoms with Gasteiger partial charge in [-0.2, -0.15) is 0 Å². The predicted octanol–water partition coefficient (Wildman–Crippen LogP) is 5.60. The van der Waals surface area contributed by atoms with Gasteiger partial charge in [-0.05, 0) is 85.2 Å². The highest BCUT2D eigenvalue weighted by molar-refractivity contribution is 14.1. The maximum atomic E-state index is 14.1. The van der Waals surface area contributed by atoms with Crippen molar-refractivity contribution in [2.24, 2.45) is 4.99 Å². The fourth-order valence-electron chi connectivity index (χ4n) is 5.06. The first-order valence-electron chi connectivity index (χ1n) is 14.2. The molecule has 5 rings (SSSR count). The molecule has 0 aliphatic carbocycles. The van der Waals surface area contributed by atoms with E-state index in [0.29, 0.717) is 56.4 Å². The number of nitro benzene ring substituents is 1. The quantitative estimate of drug-likeness (QED) is 0.0899. The van der Waals surface area contributed by atoms with Crippen LogP contribution in [-0.2, 0) is 16.1 Å². The highest BCUT2D eigenvalue weighted by Crippen LogP contribution is 2.36. The third-order valence-electron chi connectivity index (χ3n) is 7.12. The second kappa shape index (κ2) is 13.8. The van der Waals surface area contributed by atoms with Crippen molar-refractivity contribution in [1.82, 2.24) is 4.57 Å². The van der Waals surface area contributed by atoms with Gasteiger partial charge in [0.15, 0.2) is 16.3 Å². The summed E-state index contributed by atoms with van der Waals surface area (Å²) < 4.78 is 20.0. The lowest BCUT2D eigenvalue weighted by Crippen LogP contribution is -2.40. The summed E-state index contributed by atoms with van der Waals surface area (Å²) in [7, 11) is 0. The number of aromatic nitrogens is 1. The van der Waals surface area contributed by atoms with E-state index < -0.39 is 22.5 Å². The molecule has 45 heavy (non-hydrogen) atoms. The Morgan fingerprint density at radius 1 is 1.09 bits per heavy atom. The molecule has 0 saturated carbocycles. The molecule has 0 radical (unpaired) electrons. The number of fused-ring (bicyclic) bond motifs is 1. The first kappa shape index (κ1) is 32.1. The summed E-state index contributed by atoms with van der Waals surface area (Å²) in [5.74, 6) is 0.517. The maximum absolute atomic E-state index is 14.1. The summed E-state index contributed by atoms with van der Waals surface area (Å²) in [4.78, 5) is 43.5. The Hall–Kier alpha value is -4.30. The largest absolute Gasteiger partial charge is 0.490 e. The third-order valence-corrected chi connectivity index (χ3v) is 8.90. The van der Waals surface area contributed by atoms with Crippen molar-refractivity contribution in [3.63, 3.8) is 0 Å². The number of benzene rings is 3. The van der Waals surface area contributed by atoms with Crippen molar-refractivity contribution in [2.45, 2.75) is 40.3 Å². The van der Waals surface area contributed by atoms with E-state index in [1.54, 1.807) is 39.0 Å². The molecule has 0 unspecified atom stereocenters. The number of carbonyl (C=O) groups excluding carboxylic acids is 1. The summed E-state index contributed by atoms with van der Waals surface area (Å²) in [6.07, 6.45) is 1.74. The molecule has 0 bridgehead atoms. The van der Waals surface area contributed by atoms with Crippen LogP contribution in [0.25, 0.3) is 6.08 Å². The third kappa shape index (κ3) is 6.71. The van der Waals surface area contributed by atoms with Crippen LogP contribution in [0.4, 0.5) is 5.69 Å². The number of halogens is 1. The molecule has 0 fully saturated rings. The van der Waals surface area contributed by atoms with Crippen molar-refractivity contribution >= 4 is 51.7 Å². The molecule has 0 saturated heterocycles. The molecular formula is C33H30IN3O7S. The van der Waals surface area contributed by atoms with Gasteiger partial charge < -0.3 is 14.2 Å². The molecule has 1 aliphatic heterocycles. The molecule has 0 spiro atoms. The van der Waals surface area contributed by atoms with Gasteiger partial charge in [0, 0.05) is 11.6 Å². The fraction of sp³-hybridized carbons (Fsp3) is 0.242. The van der Waals surface area contributed by atoms with Crippen LogP contribution in [0.1, 0.15) is 49.1 Å². The lowest BCUT2D eigenvalue weighted by Gasteiger charge is -2.24. The first-order valence-corrected chi connectivity index (χ1v) is 16.1. The van der Waals surface area contributed by atoms with Crippen LogP contribution < -0.4 is 24.4 Å². The van der Waals surface area contributed by atoms with E-state index in [9.17, 15) is 19.7 Å². The second-order valence-corrected chi connectivity index (χ2v) is 12.3. The van der Waals surface area contributed by atoms with Gasteiger partial charge in [0.05, 0.1) is 43.6 Å². The minimum absolute atomic E-state index is 0.111. The standard InChI is InChI=1S/C33H30IN3O7S/c1-5-42-26-15-22(14-24(34)30(26)44-18-21-10-8-7-9-11-21)16-27-31(38)36-29(23-13-12-19(3)25(17-23)37(40)41)28(32(39)43-6-2)20(4)35-33(36)45-27/h7-17,29H,5-6,18H2,1-4H3/b27-16+/t29-/m1/s1. The van der Waals surface area contributed by atoms with Gasteiger partial charge in [0.2, 0.25) is 0 Å². The summed E-state index contributed by atoms with van der Waals surface area (Å²) in [6, 6.07) is 17.3. The van der Waals surface area contributed by atoms with Gasteiger partial charge in [-0.15, -0.1) is 0 Å². The first-order chi connectivity index (χ1) is 21.6. The molecule has 10 nitrogen and oxygen atoms in total. The average Bonchev–Trinajstić information content (AvgIpc) is 3.30. The zero-order valence-corrected chi connectivity index (χ0v) is 28.0. The van der Waals surface area contributed by atoms with Crippen LogP contribution in [-0.4, -0.2) is 28.7 Å². The van der Waals surface area contributed by atoms with Gasteiger partial charge in [0.1, 0.15) is 6.61 Å². The van der Waals surface area contributed by atoms with Crippen LogP contribution in [0.15, 0.2) is 81.7 Å². The lowest BCUT2D eigenvalue weighted by atomic mass is 9.94. The Morgan fingerprint density at radius 3 is 2.53 bits per heavy atom. The highest BCUT2D eigenvalue weighted by Gasteiger charge is 2.34. The minimum atomic E-state index is -0.963. The summed E-state index contributed by atoms with van der Waals surface area (Å²) in [6.45, 7) is 7.78. The second-order valence-electron chi connectivity index (χ2n) is 10.1. The highest BCUT2D eigenvalue weighted by atomic mass is 127. The number of thiazole rings is 1. The number of aryl methyl sites for hydroxylation is 1. The van der Waals surface area contributed by atoms with E-state index in [2.05, 4.69) is 27.6 Å². The molecule has 2 heterocycles. The molecule has 4 aromatic rings. The molecule has 12 heteroatoms. The van der Waals surface area contributed by atoms with Gasteiger partial charge in [-0.25, -0.2) is 9.79 Å². The van der Waals surface area contributed by atoms with Gasteiger partial charge in [-0.3, -0.25) is 19.5 Å². The van der Waals surface area contributed by atoms with E-state index in [-0.39, 0.29) is 17.9 Å². The molecule has 1 aromatic heterocycles. The average molecular weight is 740 g/mol. The molecule has 0 amide bonds. The Balaban J connectivity index is 1.63. The number of carbonyl (C=O) groups is 1. The number of nitrogens with zero attached hydrogens (tertiary/aromatic N) is 3. The summed E-state index contributed by atoms with van der Waals surface area (Å²) >= 11 is 3.36. The molecule has 0 N–H and O–H groups in total. The van der Waals surface area contributed by atoms with Crippen LogP contribution in [0.5, 0.6) is 11.5 Å². The molecule has 232 valence electrons. The monoisotopic (exact) mass is 739 g/mol. The molecule has 3 aromatic carbocycles. The van der Waals surface area contributed by atoms with E-state index in [1.165, 1.54) is 22.0 Å². The lowest BCUT2D eigenvalue weighted by molar-refractivity contribution is -0.385. The number of nitro groups is 1. The Kier molecular flexibility index (Phi) is 9.83. The van der Waals surface area contributed by atoms with E-state index in [1.807, 2.05) is 49.4 Å². The number of esters is 1. The van der Waals surface area contributed by atoms with Crippen molar-refractivity contribution in [1.29, 1.82) is 0 Å². The van der Waals surface area contributed by atoms with Crippen molar-refractivity contribution in [2.75, 3.05) is 13.2 Å². The maximum Gasteiger partial charge on any atom is 0.338 e. The molecular weight excluding hydrogens is 709 g/mol. The fourth-order valence-corrected chi connectivity index (χ4v) is 6.88. The van der Waals surface area contributed by atoms with E-state index in [4.69, 9.17) is 14.2 Å². The predicted molar refractivity (Wildman–Crippen MR) is 179 cm³/mol. The van der Waals surface area contributed by atoms with Gasteiger partial charge >= 0.3 is 5.97 Å². The normalized spacial score (nSPS) is 14.5. The molecule has 1 atom stereocenters. The SMILES string of the molecule is CCOC(=O)C1=C(C)N=c2s/c(=C/c3cc(I)c(OCc4ccccc4)c(OCC)c3)c(=O)n2[C@@H]1c1ccc(C)c([N+](=O)[O-])c1. The Bertz CT molecular complexity index is 2000. The number of ether oxygens (including phenoxy) is 3. The molecule has 1 aliphatic rings.